The molecule has 0 aromatic rings. The largest absolute Gasteiger partial charge is 0.396 e. The van der Waals surface area contributed by atoms with E-state index in [0.29, 0.717) is 48.5 Å². The van der Waals surface area contributed by atoms with Crippen LogP contribution in [0.25, 0.3) is 0 Å². The van der Waals surface area contributed by atoms with Crippen LogP contribution in [0.15, 0.2) is 0 Å². The zero-order valence-electron chi connectivity index (χ0n) is 20.2. The number of hydrogen-bond donors (Lipinski definition) is 3. The first-order valence-corrected chi connectivity index (χ1v) is 13.5. The Morgan fingerprint density at radius 3 is 2.47 bits per heavy atom. The average molecular weight is 449 g/mol. The van der Waals surface area contributed by atoms with Gasteiger partial charge in [0, 0.05) is 24.9 Å². The summed E-state index contributed by atoms with van der Waals surface area (Å²) in [5.41, 5.74) is 0.245. The van der Waals surface area contributed by atoms with Crippen molar-refractivity contribution in [3.63, 3.8) is 0 Å². The molecule has 32 heavy (non-hydrogen) atoms. The molecule has 0 bridgehead atoms. The van der Waals surface area contributed by atoms with Crippen molar-refractivity contribution in [3.05, 3.63) is 0 Å². The molecule has 2 aliphatic heterocycles. The minimum atomic E-state index is -0.439. The van der Waals surface area contributed by atoms with Crippen molar-refractivity contribution in [3.8, 4) is 0 Å². The quantitative estimate of drug-likeness (QED) is 0.570. The lowest BCUT2D eigenvalue weighted by atomic mass is 9.43. The zero-order chi connectivity index (χ0) is 22.5. The first-order valence-electron chi connectivity index (χ1n) is 13.5. The highest BCUT2D eigenvalue weighted by molar-refractivity contribution is 5.16. The monoisotopic (exact) mass is 448 g/mol. The van der Waals surface area contributed by atoms with Gasteiger partial charge in [0.15, 0.2) is 5.79 Å². The predicted octanol–water partition coefficient (Wildman–Crippen LogP) is 3.74. The maximum absolute atomic E-state index is 11.2. The van der Waals surface area contributed by atoms with E-state index in [4.69, 9.17) is 9.47 Å². The first kappa shape index (κ1) is 22.3. The Hall–Kier alpha value is -0.200. The molecule has 6 rings (SSSR count). The van der Waals surface area contributed by atoms with Gasteiger partial charge in [0.1, 0.15) is 0 Å². The predicted molar refractivity (Wildman–Crippen MR) is 121 cm³/mol. The molecule has 0 radical (unpaired) electrons. The molecule has 6 fully saturated rings. The van der Waals surface area contributed by atoms with Crippen LogP contribution in [0.5, 0.6) is 0 Å². The van der Waals surface area contributed by atoms with Crippen LogP contribution < -0.4 is 0 Å². The normalized spacial score (nSPS) is 61.7. The van der Waals surface area contributed by atoms with Gasteiger partial charge in [-0.05, 0) is 91.8 Å². The van der Waals surface area contributed by atoms with E-state index in [0.717, 1.165) is 32.1 Å². The summed E-state index contributed by atoms with van der Waals surface area (Å²) in [6, 6.07) is 0. The van der Waals surface area contributed by atoms with E-state index in [-0.39, 0.29) is 41.7 Å². The first-order chi connectivity index (χ1) is 15.2. The van der Waals surface area contributed by atoms with Crippen molar-refractivity contribution in [1.82, 2.24) is 0 Å². The van der Waals surface area contributed by atoms with Crippen molar-refractivity contribution >= 4 is 0 Å². The number of rotatable bonds is 1. The second-order valence-electron chi connectivity index (χ2n) is 13.1. The summed E-state index contributed by atoms with van der Waals surface area (Å²) in [4.78, 5) is 0. The molecular formula is C27H44O5. The Bertz CT molecular complexity index is 734. The van der Waals surface area contributed by atoms with E-state index in [1.54, 1.807) is 0 Å². The van der Waals surface area contributed by atoms with Crippen LogP contribution in [0.1, 0.15) is 78.6 Å². The summed E-state index contributed by atoms with van der Waals surface area (Å²) < 4.78 is 13.2. The van der Waals surface area contributed by atoms with Crippen molar-refractivity contribution in [2.45, 2.75) is 103 Å². The molecule has 13 atom stereocenters. The van der Waals surface area contributed by atoms with Gasteiger partial charge in [-0.25, -0.2) is 0 Å². The van der Waals surface area contributed by atoms with Gasteiger partial charge in [0.25, 0.3) is 0 Å². The molecule has 2 saturated heterocycles. The smallest absolute Gasteiger partial charge is 0.171 e. The van der Waals surface area contributed by atoms with Gasteiger partial charge in [-0.2, -0.15) is 0 Å². The van der Waals surface area contributed by atoms with Crippen LogP contribution in [0.4, 0.5) is 0 Å². The molecule has 6 aliphatic rings. The molecule has 5 heteroatoms. The molecule has 0 unspecified atom stereocenters. The topological polar surface area (TPSA) is 79.2 Å². The van der Waals surface area contributed by atoms with Gasteiger partial charge in [0.05, 0.1) is 24.9 Å². The number of fused-ring (bicyclic) bond motifs is 7. The lowest BCUT2D eigenvalue weighted by molar-refractivity contribution is -0.276. The standard InChI is InChI=1S/C27H44O5/c1-15-24-22(32-27(15)9-6-16(13-28)14-31-27)12-21-19-5-4-17-10-18(29)11-23(30)26(17,3)20(19)7-8-25(21,24)2/h15-24,28-30H,4-14H2,1-3H3/t15-,16-,17+,18+,19+,20-,21+,22-,23+,24-,25+,26+,27+/m0/s1. The van der Waals surface area contributed by atoms with Gasteiger partial charge in [-0.3, -0.25) is 0 Å². The van der Waals surface area contributed by atoms with Crippen molar-refractivity contribution < 1.29 is 24.8 Å². The van der Waals surface area contributed by atoms with Crippen LogP contribution in [0.2, 0.25) is 0 Å². The third kappa shape index (κ3) is 2.81. The third-order valence-corrected chi connectivity index (χ3v) is 12.1. The molecule has 0 amide bonds. The summed E-state index contributed by atoms with van der Waals surface area (Å²) in [7, 11) is 0. The van der Waals surface area contributed by atoms with E-state index in [1.165, 1.54) is 19.3 Å². The molecule has 5 nitrogen and oxygen atoms in total. The van der Waals surface area contributed by atoms with E-state index in [9.17, 15) is 15.3 Å². The molecule has 0 aromatic carbocycles. The Morgan fingerprint density at radius 1 is 0.938 bits per heavy atom. The fraction of sp³-hybridized carbons (Fsp3) is 1.00. The zero-order valence-corrected chi connectivity index (χ0v) is 20.2. The molecule has 182 valence electrons. The lowest BCUT2D eigenvalue weighted by Crippen LogP contribution is -2.59. The van der Waals surface area contributed by atoms with Gasteiger partial charge in [-0.1, -0.05) is 20.8 Å². The minimum absolute atomic E-state index is 0.0410. The van der Waals surface area contributed by atoms with Crippen LogP contribution in [-0.2, 0) is 9.47 Å². The van der Waals surface area contributed by atoms with Crippen LogP contribution >= 0.6 is 0 Å². The van der Waals surface area contributed by atoms with Gasteiger partial charge < -0.3 is 24.8 Å². The highest BCUT2D eigenvalue weighted by Gasteiger charge is 2.69. The molecule has 0 aromatic heterocycles. The van der Waals surface area contributed by atoms with Gasteiger partial charge in [-0.15, -0.1) is 0 Å². The molecule has 3 N–H and O–H groups in total. The summed E-state index contributed by atoms with van der Waals surface area (Å²) in [5.74, 6) is 3.12. The maximum Gasteiger partial charge on any atom is 0.171 e. The van der Waals surface area contributed by atoms with Gasteiger partial charge in [0.2, 0.25) is 0 Å². The number of aliphatic hydroxyl groups excluding tert-OH is 3. The minimum Gasteiger partial charge on any atom is -0.396 e. The number of aliphatic hydroxyl groups is 3. The van der Waals surface area contributed by atoms with E-state index >= 15 is 0 Å². The Balaban J connectivity index is 1.25. The molecule has 1 spiro atoms. The summed E-state index contributed by atoms with van der Waals surface area (Å²) >= 11 is 0. The lowest BCUT2D eigenvalue weighted by Gasteiger charge is -2.62. The summed E-state index contributed by atoms with van der Waals surface area (Å²) in [6.45, 7) is 8.10. The van der Waals surface area contributed by atoms with E-state index < -0.39 is 5.79 Å². The summed E-state index contributed by atoms with van der Waals surface area (Å²) in [5, 5.41) is 31.0. The molecule has 4 saturated carbocycles. The Kier molecular flexibility index (Phi) is 5.15. The summed E-state index contributed by atoms with van der Waals surface area (Å²) in [6.07, 6.45) is 8.88. The highest BCUT2D eigenvalue weighted by atomic mass is 16.7. The molecule has 4 aliphatic carbocycles. The van der Waals surface area contributed by atoms with Crippen LogP contribution in [0.3, 0.4) is 0 Å². The average Bonchev–Trinajstić information content (AvgIpc) is 3.20. The number of hydrogen-bond acceptors (Lipinski definition) is 5. The van der Waals surface area contributed by atoms with E-state index in [2.05, 4.69) is 20.8 Å². The second-order valence-corrected chi connectivity index (χ2v) is 13.1. The van der Waals surface area contributed by atoms with Crippen molar-refractivity contribution in [2.75, 3.05) is 13.2 Å². The van der Waals surface area contributed by atoms with Crippen molar-refractivity contribution in [2.24, 2.45) is 52.3 Å². The highest BCUT2D eigenvalue weighted by Crippen LogP contribution is 2.71. The van der Waals surface area contributed by atoms with Crippen LogP contribution in [-0.4, -0.2) is 52.6 Å². The fourth-order valence-corrected chi connectivity index (χ4v) is 10.4. The Morgan fingerprint density at radius 2 is 1.75 bits per heavy atom. The maximum atomic E-state index is 11.2. The fourth-order valence-electron chi connectivity index (χ4n) is 10.4. The molecular weight excluding hydrogens is 404 g/mol. The van der Waals surface area contributed by atoms with E-state index in [1.807, 2.05) is 0 Å². The van der Waals surface area contributed by atoms with Crippen LogP contribution in [0, 0.1) is 52.3 Å². The Labute approximate surface area is 193 Å². The number of ether oxygens (including phenoxy) is 2. The van der Waals surface area contributed by atoms with Gasteiger partial charge >= 0.3 is 0 Å². The molecule has 2 heterocycles. The second kappa shape index (κ2) is 7.40. The SMILES string of the molecule is C[C@H]1[C@H]2[C@H](C[C@@H]3[C@@H]4CC[C@@H]5C[C@@H](O)C[C@@H](O)[C@@]5(C)[C@H]4CC[C@@]23C)O[C@]12CC[C@@H](CO)CO2. The third-order valence-electron chi connectivity index (χ3n) is 12.1. The van der Waals surface area contributed by atoms with Crippen molar-refractivity contribution in [1.29, 1.82) is 0 Å².